The molecule has 1 aromatic carbocycles. The number of carbonyl (C=O) groups excluding carboxylic acids is 1. The molecule has 0 bridgehead atoms. The molecule has 2 unspecified atom stereocenters. The topological polar surface area (TPSA) is 102 Å². The van der Waals surface area contributed by atoms with Crippen molar-refractivity contribution in [1.82, 2.24) is 10.5 Å². The quantitative estimate of drug-likeness (QED) is 0.799. The molecule has 0 aliphatic heterocycles. The molecule has 0 spiro atoms. The first-order valence-corrected chi connectivity index (χ1v) is 7.98. The summed E-state index contributed by atoms with van der Waals surface area (Å²) in [7, 11) is 0. The molecule has 7 nitrogen and oxygen atoms in total. The number of amides is 1. The van der Waals surface area contributed by atoms with Crippen molar-refractivity contribution in [3.8, 4) is 5.75 Å². The molecule has 7 heteroatoms. The van der Waals surface area contributed by atoms with Crippen molar-refractivity contribution < 1.29 is 24.0 Å². The number of benzene rings is 1. The number of ether oxygens (including phenoxy) is 1. The average Bonchev–Trinajstić information content (AvgIpc) is 2.90. The van der Waals surface area contributed by atoms with Gasteiger partial charge in [0.05, 0.1) is 22.7 Å². The van der Waals surface area contributed by atoms with E-state index in [-0.39, 0.29) is 12.5 Å². The highest BCUT2D eigenvalue weighted by molar-refractivity contribution is 5.97. The van der Waals surface area contributed by atoms with E-state index in [1.807, 2.05) is 6.92 Å². The van der Waals surface area contributed by atoms with Gasteiger partial charge in [-0.2, -0.15) is 0 Å². The Morgan fingerprint density at radius 3 is 2.56 bits per heavy atom. The van der Waals surface area contributed by atoms with E-state index < -0.39 is 17.9 Å². The minimum atomic E-state index is -0.962. The Morgan fingerprint density at radius 1 is 1.28 bits per heavy atom. The second-order valence-electron chi connectivity index (χ2n) is 5.98. The minimum absolute atomic E-state index is 0.229. The van der Waals surface area contributed by atoms with Crippen molar-refractivity contribution in [2.45, 2.75) is 40.3 Å². The lowest BCUT2D eigenvalue weighted by Gasteiger charge is -2.19. The summed E-state index contributed by atoms with van der Waals surface area (Å²) in [6, 6.07) is 6.31. The van der Waals surface area contributed by atoms with Gasteiger partial charge in [-0.15, -0.1) is 0 Å². The lowest BCUT2D eigenvalue weighted by atomic mass is 10.0. The number of nitrogens with zero attached hydrogens (tertiary/aromatic N) is 1. The third kappa shape index (κ3) is 4.37. The zero-order chi connectivity index (χ0) is 18.6. The highest BCUT2D eigenvalue weighted by Gasteiger charge is 2.23. The van der Waals surface area contributed by atoms with E-state index in [1.165, 1.54) is 0 Å². The molecule has 2 atom stereocenters. The van der Waals surface area contributed by atoms with Crippen molar-refractivity contribution in [1.29, 1.82) is 0 Å². The van der Waals surface area contributed by atoms with Crippen LogP contribution in [-0.2, 0) is 11.4 Å². The molecule has 0 saturated carbocycles. The van der Waals surface area contributed by atoms with Crippen LogP contribution in [0.3, 0.4) is 0 Å². The minimum Gasteiger partial charge on any atom is -0.488 e. The fourth-order valence-corrected chi connectivity index (χ4v) is 2.26. The van der Waals surface area contributed by atoms with Gasteiger partial charge in [0.1, 0.15) is 18.1 Å². The van der Waals surface area contributed by atoms with Crippen molar-refractivity contribution >= 4 is 11.9 Å². The molecule has 2 aromatic rings. The molecule has 25 heavy (non-hydrogen) atoms. The first-order valence-electron chi connectivity index (χ1n) is 7.98. The fraction of sp³-hybridized carbons (Fsp3) is 0.389. The van der Waals surface area contributed by atoms with Gasteiger partial charge in [-0.1, -0.05) is 17.3 Å². The van der Waals surface area contributed by atoms with Crippen LogP contribution >= 0.6 is 0 Å². The van der Waals surface area contributed by atoms with E-state index in [0.717, 1.165) is 11.3 Å². The number of nitrogens with one attached hydrogen (secondary N) is 1. The normalized spacial score (nSPS) is 13.1. The summed E-state index contributed by atoms with van der Waals surface area (Å²) < 4.78 is 10.9. The van der Waals surface area contributed by atoms with E-state index >= 15 is 0 Å². The van der Waals surface area contributed by atoms with Gasteiger partial charge in [0.25, 0.3) is 5.91 Å². The number of rotatable bonds is 7. The number of carbonyl (C=O) groups is 2. The van der Waals surface area contributed by atoms with Crippen molar-refractivity contribution in [2.24, 2.45) is 5.92 Å². The predicted molar refractivity (Wildman–Crippen MR) is 90.5 cm³/mol. The summed E-state index contributed by atoms with van der Waals surface area (Å²) >= 11 is 0. The number of carboxylic acid groups (broad SMARTS) is 1. The molecule has 0 aliphatic carbocycles. The Balaban J connectivity index is 2.12. The first-order chi connectivity index (χ1) is 11.8. The van der Waals surface area contributed by atoms with Crippen molar-refractivity contribution in [3.05, 3.63) is 46.8 Å². The van der Waals surface area contributed by atoms with Crippen LogP contribution in [0.25, 0.3) is 0 Å². The number of hydrogen-bond donors (Lipinski definition) is 2. The van der Waals surface area contributed by atoms with Crippen LogP contribution in [0.2, 0.25) is 0 Å². The molecule has 2 rings (SSSR count). The molecule has 1 aromatic heterocycles. The maximum Gasteiger partial charge on any atom is 0.308 e. The van der Waals surface area contributed by atoms with Crippen molar-refractivity contribution in [3.63, 3.8) is 0 Å². The highest BCUT2D eigenvalue weighted by Crippen LogP contribution is 2.22. The van der Waals surface area contributed by atoms with Gasteiger partial charge in [-0.05, 0) is 39.8 Å². The van der Waals surface area contributed by atoms with Crippen molar-refractivity contribution in [2.75, 3.05) is 0 Å². The third-order valence-corrected chi connectivity index (χ3v) is 4.18. The number of hydrogen-bond acceptors (Lipinski definition) is 5. The largest absolute Gasteiger partial charge is 0.488 e. The van der Waals surface area contributed by atoms with E-state index in [2.05, 4.69) is 10.5 Å². The van der Waals surface area contributed by atoms with Gasteiger partial charge >= 0.3 is 5.97 Å². The van der Waals surface area contributed by atoms with E-state index in [9.17, 15) is 9.59 Å². The summed E-state index contributed by atoms with van der Waals surface area (Å²) in [5, 5.41) is 15.6. The molecule has 0 saturated heterocycles. The Labute approximate surface area is 146 Å². The predicted octanol–water partition coefficient (Wildman–Crippen LogP) is 2.71. The Bertz CT molecular complexity index is 749. The van der Waals surface area contributed by atoms with E-state index in [4.69, 9.17) is 14.4 Å². The molecule has 0 aliphatic rings. The Kier molecular flexibility index (Phi) is 5.80. The van der Waals surface area contributed by atoms with Gasteiger partial charge in [-0.3, -0.25) is 9.59 Å². The second-order valence-corrected chi connectivity index (χ2v) is 5.98. The molecule has 1 amide bonds. The van der Waals surface area contributed by atoms with Crippen LogP contribution in [0.5, 0.6) is 5.75 Å². The Morgan fingerprint density at radius 2 is 1.96 bits per heavy atom. The molecule has 134 valence electrons. The standard InChI is InChI=1S/C18H22N2O5/c1-10(18(22)23)11(2)19-17(21)14-7-5-6-8-16(14)24-9-15-12(3)20-25-13(15)4/h5-8,10-11H,9H2,1-4H3,(H,19,21)(H,22,23). The Hall–Kier alpha value is -2.83. The average molecular weight is 346 g/mol. The summed E-state index contributed by atoms with van der Waals surface area (Å²) in [6.45, 7) is 7.05. The van der Waals surface area contributed by atoms with Gasteiger partial charge in [0, 0.05) is 6.04 Å². The molecular weight excluding hydrogens is 324 g/mol. The number of aliphatic carboxylic acids is 1. The third-order valence-electron chi connectivity index (χ3n) is 4.18. The van der Waals surface area contributed by atoms with Crippen LogP contribution in [0.4, 0.5) is 0 Å². The van der Waals surface area contributed by atoms with Crippen LogP contribution in [0.15, 0.2) is 28.8 Å². The molecule has 1 heterocycles. The highest BCUT2D eigenvalue weighted by atomic mass is 16.5. The number of carboxylic acids is 1. The SMILES string of the molecule is Cc1noc(C)c1COc1ccccc1C(=O)NC(C)C(C)C(=O)O. The fourth-order valence-electron chi connectivity index (χ4n) is 2.26. The van der Waals surface area contributed by atoms with Gasteiger partial charge in [0.15, 0.2) is 0 Å². The van der Waals surface area contributed by atoms with E-state index in [0.29, 0.717) is 17.1 Å². The molecule has 0 radical (unpaired) electrons. The van der Waals surface area contributed by atoms with Gasteiger partial charge in [0.2, 0.25) is 0 Å². The van der Waals surface area contributed by atoms with Crippen LogP contribution in [0.1, 0.15) is 41.2 Å². The monoisotopic (exact) mass is 346 g/mol. The summed E-state index contributed by atoms with van der Waals surface area (Å²) in [5.41, 5.74) is 1.92. The number of aryl methyl sites for hydroxylation is 2. The molecule has 2 N–H and O–H groups in total. The van der Waals surface area contributed by atoms with Crippen LogP contribution in [0, 0.1) is 19.8 Å². The lowest BCUT2D eigenvalue weighted by molar-refractivity contribution is -0.141. The lowest BCUT2D eigenvalue weighted by Crippen LogP contribution is -2.40. The summed E-state index contributed by atoms with van der Waals surface area (Å²) in [5.74, 6) is -0.955. The van der Waals surface area contributed by atoms with Crippen LogP contribution in [-0.4, -0.2) is 28.2 Å². The van der Waals surface area contributed by atoms with Gasteiger partial charge in [-0.25, -0.2) is 0 Å². The van der Waals surface area contributed by atoms with Gasteiger partial charge < -0.3 is 19.7 Å². The second kappa shape index (κ2) is 7.83. The molecule has 0 fully saturated rings. The summed E-state index contributed by atoms with van der Waals surface area (Å²) in [6.07, 6.45) is 0. The van der Waals surface area contributed by atoms with Crippen LogP contribution < -0.4 is 10.1 Å². The maximum atomic E-state index is 12.5. The zero-order valence-corrected chi connectivity index (χ0v) is 14.7. The number of aromatic nitrogens is 1. The maximum absolute atomic E-state index is 12.5. The molecular formula is C18H22N2O5. The van der Waals surface area contributed by atoms with E-state index in [1.54, 1.807) is 45.0 Å². The smallest absolute Gasteiger partial charge is 0.308 e. The first kappa shape index (κ1) is 18.5. The zero-order valence-electron chi connectivity index (χ0n) is 14.7. The number of para-hydroxylation sites is 1. The summed E-state index contributed by atoms with van der Waals surface area (Å²) in [4.78, 5) is 23.5.